The van der Waals surface area contributed by atoms with Gasteiger partial charge in [0.25, 0.3) is 0 Å². The lowest BCUT2D eigenvalue weighted by Gasteiger charge is -2.08. The van der Waals surface area contributed by atoms with E-state index in [0.29, 0.717) is 0 Å². The molecule has 0 aliphatic heterocycles. The Labute approximate surface area is 102 Å². The predicted molar refractivity (Wildman–Crippen MR) is 65.6 cm³/mol. The first-order valence-corrected chi connectivity index (χ1v) is 6.11. The number of hydrogen-bond acceptors (Lipinski definition) is 1. The molecule has 2 nitrogen and oxygen atoms in total. The number of rotatable bonds is 2. The molecular formula is C12H12BrFN2. The molecule has 0 saturated heterocycles. The summed E-state index contributed by atoms with van der Waals surface area (Å²) in [6.07, 6.45) is 1.83. The van der Waals surface area contributed by atoms with E-state index >= 15 is 0 Å². The van der Waals surface area contributed by atoms with Gasteiger partial charge in [0.2, 0.25) is 0 Å². The maximum Gasteiger partial charge on any atom is 0.123 e. The molecule has 0 amide bonds. The van der Waals surface area contributed by atoms with Crippen LogP contribution in [0.2, 0.25) is 0 Å². The fourth-order valence-electron chi connectivity index (χ4n) is 1.67. The first-order chi connectivity index (χ1) is 7.63. The van der Waals surface area contributed by atoms with Gasteiger partial charge in [-0.3, -0.25) is 0 Å². The summed E-state index contributed by atoms with van der Waals surface area (Å²) in [5, 5.41) is 5.09. The van der Waals surface area contributed by atoms with Gasteiger partial charge in [0.05, 0.1) is 11.9 Å². The first kappa shape index (κ1) is 11.3. The third-order valence-electron chi connectivity index (χ3n) is 2.64. The Kier molecular flexibility index (Phi) is 3.10. The normalized spacial score (nSPS) is 10.8. The smallest absolute Gasteiger partial charge is 0.123 e. The number of alkyl halides is 1. The molecule has 0 N–H and O–H groups in total. The van der Waals surface area contributed by atoms with Crippen LogP contribution in [0.25, 0.3) is 5.69 Å². The van der Waals surface area contributed by atoms with E-state index in [0.717, 1.165) is 27.8 Å². The number of hydrogen-bond donors (Lipinski definition) is 0. The number of halogens is 2. The summed E-state index contributed by atoms with van der Waals surface area (Å²) in [5.74, 6) is -0.216. The maximum absolute atomic E-state index is 13.0. The molecule has 0 bridgehead atoms. The van der Waals surface area contributed by atoms with Crippen molar-refractivity contribution < 1.29 is 4.39 Å². The highest BCUT2D eigenvalue weighted by molar-refractivity contribution is 9.08. The molecule has 1 aromatic heterocycles. The Morgan fingerprint density at radius 2 is 2.12 bits per heavy atom. The summed E-state index contributed by atoms with van der Waals surface area (Å²) in [4.78, 5) is 0. The van der Waals surface area contributed by atoms with Gasteiger partial charge in [-0.2, -0.15) is 5.10 Å². The van der Waals surface area contributed by atoms with Crippen LogP contribution in [0.15, 0.2) is 24.4 Å². The summed E-state index contributed by atoms with van der Waals surface area (Å²) >= 11 is 3.41. The number of aryl methyl sites for hydroxylation is 1. The minimum absolute atomic E-state index is 0.216. The quantitative estimate of drug-likeness (QED) is 0.771. The highest BCUT2D eigenvalue weighted by Gasteiger charge is 2.09. The molecule has 0 atom stereocenters. The van der Waals surface area contributed by atoms with Crippen LogP contribution in [-0.2, 0) is 5.33 Å². The van der Waals surface area contributed by atoms with E-state index in [1.54, 1.807) is 6.07 Å². The van der Waals surface area contributed by atoms with Crippen molar-refractivity contribution in [1.29, 1.82) is 0 Å². The molecule has 0 radical (unpaired) electrons. The van der Waals surface area contributed by atoms with Gasteiger partial charge in [-0.1, -0.05) is 15.9 Å². The van der Waals surface area contributed by atoms with Crippen LogP contribution in [0.3, 0.4) is 0 Å². The lowest BCUT2D eigenvalue weighted by atomic mass is 10.2. The van der Waals surface area contributed by atoms with Gasteiger partial charge in [-0.15, -0.1) is 0 Å². The zero-order chi connectivity index (χ0) is 11.7. The number of benzene rings is 1. The van der Waals surface area contributed by atoms with Crippen LogP contribution in [-0.4, -0.2) is 9.78 Å². The molecule has 0 unspecified atom stereocenters. The van der Waals surface area contributed by atoms with Crippen molar-refractivity contribution in [3.8, 4) is 5.69 Å². The van der Waals surface area contributed by atoms with Crippen LogP contribution in [0, 0.1) is 19.7 Å². The minimum Gasteiger partial charge on any atom is -0.238 e. The highest BCUT2D eigenvalue weighted by atomic mass is 79.9. The van der Waals surface area contributed by atoms with Crippen molar-refractivity contribution >= 4 is 15.9 Å². The maximum atomic E-state index is 13.0. The summed E-state index contributed by atoms with van der Waals surface area (Å²) in [6.45, 7) is 3.89. The van der Waals surface area contributed by atoms with E-state index in [-0.39, 0.29) is 5.82 Å². The Balaban J connectivity index is 2.54. The van der Waals surface area contributed by atoms with E-state index in [2.05, 4.69) is 21.0 Å². The SMILES string of the molecule is Cc1cc(F)ccc1-n1ncc(CBr)c1C. The average molecular weight is 283 g/mol. The van der Waals surface area contributed by atoms with Gasteiger partial charge >= 0.3 is 0 Å². The van der Waals surface area contributed by atoms with Crippen LogP contribution in [0.4, 0.5) is 4.39 Å². The molecule has 2 rings (SSSR count). The predicted octanol–water partition coefficient (Wildman–Crippen LogP) is 3.52. The van der Waals surface area contributed by atoms with Crippen molar-refractivity contribution in [3.63, 3.8) is 0 Å². The summed E-state index contributed by atoms with van der Waals surface area (Å²) in [5.41, 5.74) is 4.02. The van der Waals surface area contributed by atoms with Crippen molar-refractivity contribution in [2.75, 3.05) is 0 Å². The molecule has 0 fully saturated rings. The fourth-order valence-corrected chi connectivity index (χ4v) is 2.22. The third-order valence-corrected chi connectivity index (χ3v) is 3.25. The lowest BCUT2D eigenvalue weighted by Crippen LogP contribution is -2.02. The summed E-state index contributed by atoms with van der Waals surface area (Å²) in [7, 11) is 0. The molecule has 0 aliphatic rings. The molecule has 84 valence electrons. The molecule has 0 spiro atoms. The van der Waals surface area contributed by atoms with E-state index in [9.17, 15) is 4.39 Å². The van der Waals surface area contributed by atoms with Gasteiger partial charge < -0.3 is 0 Å². The van der Waals surface area contributed by atoms with Crippen molar-refractivity contribution in [2.24, 2.45) is 0 Å². The molecule has 1 aromatic carbocycles. The van der Waals surface area contributed by atoms with Crippen LogP contribution in [0.5, 0.6) is 0 Å². The Hall–Kier alpha value is -1.16. The first-order valence-electron chi connectivity index (χ1n) is 4.99. The van der Waals surface area contributed by atoms with Gasteiger partial charge in [-0.05, 0) is 37.6 Å². The zero-order valence-electron chi connectivity index (χ0n) is 9.17. The summed E-state index contributed by atoms with van der Waals surface area (Å²) < 4.78 is 14.8. The van der Waals surface area contributed by atoms with E-state index < -0.39 is 0 Å². The molecule has 1 heterocycles. The van der Waals surface area contributed by atoms with E-state index in [1.807, 2.05) is 24.7 Å². The van der Waals surface area contributed by atoms with Crippen LogP contribution >= 0.6 is 15.9 Å². The second kappa shape index (κ2) is 4.37. The summed E-state index contributed by atoms with van der Waals surface area (Å²) in [6, 6.07) is 4.73. The van der Waals surface area contributed by atoms with Crippen molar-refractivity contribution in [2.45, 2.75) is 19.2 Å². The fraction of sp³-hybridized carbons (Fsp3) is 0.250. The Bertz CT molecular complexity index is 520. The second-order valence-electron chi connectivity index (χ2n) is 3.73. The minimum atomic E-state index is -0.216. The van der Waals surface area contributed by atoms with Crippen molar-refractivity contribution in [1.82, 2.24) is 9.78 Å². The largest absolute Gasteiger partial charge is 0.238 e. The van der Waals surface area contributed by atoms with Crippen LogP contribution in [0.1, 0.15) is 16.8 Å². The van der Waals surface area contributed by atoms with E-state index in [1.165, 1.54) is 12.1 Å². The lowest BCUT2D eigenvalue weighted by molar-refractivity contribution is 0.625. The number of nitrogens with zero attached hydrogens (tertiary/aromatic N) is 2. The third kappa shape index (κ3) is 1.89. The van der Waals surface area contributed by atoms with Gasteiger partial charge in [0, 0.05) is 16.6 Å². The molecule has 4 heteroatoms. The monoisotopic (exact) mass is 282 g/mol. The van der Waals surface area contributed by atoms with Gasteiger partial charge in [-0.25, -0.2) is 9.07 Å². The standard InChI is InChI=1S/C12H12BrFN2/c1-8-5-11(14)3-4-12(8)16-9(2)10(6-13)7-15-16/h3-5,7H,6H2,1-2H3. The van der Waals surface area contributed by atoms with Gasteiger partial charge in [0.15, 0.2) is 0 Å². The van der Waals surface area contributed by atoms with Crippen LogP contribution < -0.4 is 0 Å². The molecule has 2 aromatic rings. The zero-order valence-corrected chi connectivity index (χ0v) is 10.8. The Morgan fingerprint density at radius 1 is 1.38 bits per heavy atom. The van der Waals surface area contributed by atoms with Gasteiger partial charge in [0.1, 0.15) is 5.82 Å². The number of aromatic nitrogens is 2. The molecule has 16 heavy (non-hydrogen) atoms. The Morgan fingerprint density at radius 3 is 2.69 bits per heavy atom. The molecule has 0 saturated carbocycles. The topological polar surface area (TPSA) is 17.8 Å². The second-order valence-corrected chi connectivity index (χ2v) is 4.29. The van der Waals surface area contributed by atoms with Crippen molar-refractivity contribution in [3.05, 3.63) is 47.0 Å². The highest BCUT2D eigenvalue weighted by Crippen LogP contribution is 2.19. The average Bonchev–Trinajstić information content (AvgIpc) is 2.60. The van der Waals surface area contributed by atoms with E-state index in [4.69, 9.17) is 0 Å². The molecule has 0 aliphatic carbocycles. The molecular weight excluding hydrogens is 271 g/mol.